The molecule has 0 saturated carbocycles. The van der Waals surface area contributed by atoms with Gasteiger partial charge in [-0.3, -0.25) is 4.79 Å². The average molecular weight is 565 g/mol. The SMILES string of the molecule is Cn1c(C[N+](C)(C)CC=CC(=O)Nc2ccc3ncnc(Nc4cccc(Br)c4)c3c2)ccc1[N+](=O)[O-]. The van der Waals surface area contributed by atoms with Crippen LogP contribution < -0.4 is 10.6 Å². The van der Waals surface area contributed by atoms with Gasteiger partial charge in [-0.05, 0) is 53.5 Å². The number of hydrogen-bond donors (Lipinski definition) is 2. The van der Waals surface area contributed by atoms with Gasteiger partial charge in [-0.15, -0.1) is 0 Å². The van der Waals surface area contributed by atoms with Gasteiger partial charge in [0, 0.05) is 33.4 Å². The fraction of sp³-hybridized carbons (Fsp3) is 0.192. The second kappa shape index (κ2) is 10.9. The number of halogens is 1. The molecule has 37 heavy (non-hydrogen) atoms. The highest BCUT2D eigenvalue weighted by Crippen LogP contribution is 2.27. The highest BCUT2D eigenvalue weighted by atomic mass is 79.9. The number of nitrogens with one attached hydrogen (secondary N) is 2. The van der Waals surface area contributed by atoms with Gasteiger partial charge in [-0.25, -0.2) is 14.5 Å². The zero-order chi connectivity index (χ0) is 26.6. The van der Waals surface area contributed by atoms with E-state index in [1.807, 2.05) is 50.5 Å². The van der Waals surface area contributed by atoms with Gasteiger partial charge in [0.2, 0.25) is 5.91 Å². The minimum atomic E-state index is -0.396. The summed E-state index contributed by atoms with van der Waals surface area (Å²) in [6.45, 7) is 1.15. The molecule has 2 aromatic carbocycles. The first-order chi connectivity index (χ1) is 17.6. The van der Waals surface area contributed by atoms with Crippen LogP contribution >= 0.6 is 15.9 Å². The summed E-state index contributed by atoms with van der Waals surface area (Å²) in [7, 11) is 5.69. The number of carbonyl (C=O) groups is 1. The van der Waals surface area contributed by atoms with Crippen molar-refractivity contribution in [3.05, 3.63) is 93.4 Å². The highest BCUT2D eigenvalue weighted by Gasteiger charge is 2.22. The number of fused-ring (bicyclic) bond motifs is 1. The lowest BCUT2D eigenvalue weighted by Gasteiger charge is -2.27. The van der Waals surface area contributed by atoms with Crippen molar-refractivity contribution in [2.75, 3.05) is 31.3 Å². The second-order valence-electron chi connectivity index (χ2n) is 9.26. The fourth-order valence-corrected chi connectivity index (χ4v) is 4.35. The Labute approximate surface area is 222 Å². The minimum absolute atomic E-state index is 0.0562. The number of quaternary nitrogens is 1. The van der Waals surface area contributed by atoms with Crippen LogP contribution in [0.15, 0.2) is 77.5 Å². The van der Waals surface area contributed by atoms with Crippen molar-refractivity contribution in [2.24, 2.45) is 7.05 Å². The molecule has 190 valence electrons. The Morgan fingerprint density at radius 3 is 2.68 bits per heavy atom. The first-order valence-electron chi connectivity index (χ1n) is 11.5. The Morgan fingerprint density at radius 1 is 1.14 bits per heavy atom. The van der Waals surface area contributed by atoms with E-state index in [0.717, 1.165) is 26.8 Å². The Hall–Kier alpha value is -4.09. The monoisotopic (exact) mass is 564 g/mol. The third-order valence-corrected chi connectivity index (χ3v) is 6.33. The van der Waals surface area contributed by atoms with Crippen LogP contribution in [0.2, 0.25) is 0 Å². The molecule has 2 N–H and O–H groups in total. The van der Waals surface area contributed by atoms with E-state index in [9.17, 15) is 14.9 Å². The van der Waals surface area contributed by atoms with E-state index in [1.165, 1.54) is 18.5 Å². The number of hydrogen-bond acceptors (Lipinski definition) is 6. The molecule has 0 aliphatic rings. The van der Waals surface area contributed by atoms with E-state index >= 15 is 0 Å². The lowest BCUT2D eigenvalue weighted by Crippen LogP contribution is -2.39. The van der Waals surface area contributed by atoms with Crippen LogP contribution in [-0.4, -0.2) is 50.5 Å². The Bertz CT molecular complexity index is 1500. The van der Waals surface area contributed by atoms with Crippen molar-refractivity contribution >= 4 is 55.8 Å². The molecule has 10 nitrogen and oxygen atoms in total. The summed E-state index contributed by atoms with van der Waals surface area (Å²) in [5.74, 6) is 0.433. The highest BCUT2D eigenvalue weighted by molar-refractivity contribution is 9.10. The molecule has 0 radical (unpaired) electrons. The first kappa shape index (κ1) is 26.0. The number of nitrogens with zero attached hydrogens (tertiary/aromatic N) is 5. The van der Waals surface area contributed by atoms with Gasteiger partial charge in [0.05, 0.1) is 33.2 Å². The molecule has 4 aromatic rings. The lowest BCUT2D eigenvalue weighted by molar-refractivity contribution is -0.898. The van der Waals surface area contributed by atoms with Crippen LogP contribution in [0.25, 0.3) is 10.9 Å². The van der Waals surface area contributed by atoms with Crippen LogP contribution in [-0.2, 0) is 18.4 Å². The van der Waals surface area contributed by atoms with Crippen molar-refractivity contribution in [1.29, 1.82) is 0 Å². The normalized spacial score (nSPS) is 11.7. The van der Waals surface area contributed by atoms with Crippen LogP contribution in [0.1, 0.15) is 5.69 Å². The molecule has 0 fully saturated rings. The number of amides is 1. The Balaban J connectivity index is 1.41. The number of rotatable bonds is 9. The van der Waals surface area contributed by atoms with Crippen molar-refractivity contribution in [3.63, 3.8) is 0 Å². The topological polar surface area (TPSA) is 115 Å². The molecule has 0 aliphatic carbocycles. The van der Waals surface area contributed by atoms with Crippen LogP contribution in [0.4, 0.5) is 23.0 Å². The number of aromatic nitrogens is 3. The van der Waals surface area contributed by atoms with E-state index in [2.05, 4.69) is 36.5 Å². The predicted octanol–water partition coefficient (Wildman–Crippen LogP) is 5.15. The number of likely N-dealkylation sites (N-methyl/N-ethyl adjacent to an activating group) is 1. The molecule has 0 bridgehead atoms. The van der Waals surface area contributed by atoms with E-state index in [-0.39, 0.29) is 11.7 Å². The molecule has 2 aromatic heterocycles. The Kier molecular flexibility index (Phi) is 7.65. The van der Waals surface area contributed by atoms with E-state index < -0.39 is 4.92 Å². The lowest BCUT2D eigenvalue weighted by atomic mass is 10.2. The third-order valence-electron chi connectivity index (χ3n) is 5.84. The number of nitro groups is 1. The molecule has 4 rings (SSSR count). The van der Waals surface area contributed by atoms with Gasteiger partial charge in [0.15, 0.2) is 5.69 Å². The molecule has 0 atom stereocenters. The minimum Gasteiger partial charge on any atom is -0.358 e. The van der Waals surface area contributed by atoms with Crippen LogP contribution in [0.5, 0.6) is 0 Å². The first-order valence-corrected chi connectivity index (χ1v) is 12.3. The molecule has 0 saturated heterocycles. The molecule has 0 aliphatic heterocycles. The molecular formula is C26H27BrN7O3+. The number of anilines is 3. The van der Waals surface area contributed by atoms with E-state index in [4.69, 9.17) is 0 Å². The molecule has 1 amide bonds. The molecule has 0 spiro atoms. The second-order valence-corrected chi connectivity index (χ2v) is 10.2. The van der Waals surface area contributed by atoms with Gasteiger partial charge in [0.25, 0.3) is 0 Å². The summed E-state index contributed by atoms with van der Waals surface area (Å²) in [5, 5.41) is 18.1. The van der Waals surface area contributed by atoms with E-state index in [0.29, 0.717) is 29.1 Å². The standard InChI is InChI=1S/C26H26BrN7O3/c1-32-21(10-12-25(32)33(36)37)16-34(2,3)13-5-8-24(35)30-20-9-11-23-22(15-20)26(29-17-28-23)31-19-7-4-6-18(27)14-19/h4-12,14-15,17H,13,16H2,1-3H3,(H-,28,29,30,31,35)/p+1. The maximum Gasteiger partial charge on any atom is 0.323 e. The zero-order valence-electron chi connectivity index (χ0n) is 20.7. The van der Waals surface area contributed by atoms with Gasteiger partial charge >= 0.3 is 5.82 Å². The smallest absolute Gasteiger partial charge is 0.323 e. The quantitative estimate of drug-likeness (QED) is 0.126. The summed E-state index contributed by atoms with van der Waals surface area (Å²) in [5.41, 5.74) is 3.10. The van der Waals surface area contributed by atoms with E-state index in [1.54, 1.807) is 29.8 Å². The summed E-state index contributed by atoms with van der Waals surface area (Å²) >= 11 is 3.47. The van der Waals surface area contributed by atoms with Crippen LogP contribution in [0.3, 0.4) is 0 Å². The van der Waals surface area contributed by atoms with Crippen molar-refractivity contribution in [2.45, 2.75) is 6.54 Å². The maximum atomic E-state index is 12.6. The maximum absolute atomic E-state index is 12.6. The number of benzene rings is 2. The Morgan fingerprint density at radius 2 is 1.95 bits per heavy atom. The molecular weight excluding hydrogens is 538 g/mol. The van der Waals surface area contributed by atoms with Gasteiger partial charge in [-0.2, -0.15) is 0 Å². The largest absolute Gasteiger partial charge is 0.358 e. The summed E-state index contributed by atoms with van der Waals surface area (Å²) in [6.07, 6.45) is 4.80. The van der Waals surface area contributed by atoms with Crippen molar-refractivity contribution < 1.29 is 14.2 Å². The summed E-state index contributed by atoms with van der Waals surface area (Å²) in [6, 6.07) is 16.5. The summed E-state index contributed by atoms with van der Waals surface area (Å²) in [4.78, 5) is 32.0. The molecule has 11 heteroatoms. The zero-order valence-corrected chi connectivity index (χ0v) is 22.3. The predicted molar refractivity (Wildman–Crippen MR) is 147 cm³/mol. The average Bonchev–Trinajstić information content (AvgIpc) is 3.19. The summed E-state index contributed by atoms with van der Waals surface area (Å²) < 4.78 is 3.05. The fourth-order valence-electron chi connectivity index (χ4n) is 3.95. The number of carbonyl (C=O) groups excluding carboxylic acids is 1. The van der Waals surface area contributed by atoms with Gasteiger partial charge in [0.1, 0.15) is 18.7 Å². The van der Waals surface area contributed by atoms with Gasteiger partial charge < -0.3 is 25.2 Å². The van der Waals surface area contributed by atoms with Crippen molar-refractivity contribution in [1.82, 2.24) is 14.5 Å². The van der Waals surface area contributed by atoms with Crippen molar-refractivity contribution in [3.8, 4) is 0 Å². The van der Waals surface area contributed by atoms with Crippen LogP contribution in [0, 0.1) is 10.1 Å². The third kappa shape index (κ3) is 6.57. The van der Waals surface area contributed by atoms with Gasteiger partial charge in [-0.1, -0.05) is 22.0 Å². The molecule has 0 unspecified atom stereocenters. The molecule has 2 heterocycles.